The number of benzene rings is 1. The van der Waals surface area contributed by atoms with Crippen LogP contribution in [-0.2, 0) is 16.0 Å². The first-order valence-electron chi connectivity index (χ1n) is 9.61. The fourth-order valence-corrected chi connectivity index (χ4v) is 4.57. The van der Waals surface area contributed by atoms with E-state index in [0.717, 1.165) is 57.5 Å². The third-order valence-electron chi connectivity index (χ3n) is 5.81. The number of amides is 2. The van der Waals surface area contributed by atoms with E-state index >= 15 is 0 Å². The summed E-state index contributed by atoms with van der Waals surface area (Å²) in [5, 5.41) is 0. The number of ether oxygens (including phenoxy) is 1. The smallest absolute Gasteiger partial charge is 0.410 e. The normalized spacial score (nSPS) is 26.1. The Bertz CT molecular complexity index is 707. The Morgan fingerprint density at radius 2 is 2.04 bits per heavy atom. The Morgan fingerprint density at radius 1 is 1.19 bits per heavy atom. The lowest BCUT2D eigenvalue weighted by atomic mass is 9.92. The van der Waals surface area contributed by atoms with Crippen LogP contribution in [0.5, 0.6) is 0 Å². The van der Waals surface area contributed by atoms with E-state index in [-0.39, 0.29) is 17.6 Å². The first-order chi connectivity index (χ1) is 12.6. The molecule has 140 valence electrons. The molecule has 3 aliphatic rings. The number of hydrogen-bond acceptors (Lipinski definition) is 4. The number of aryl methyl sites for hydroxylation is 1. The number of nitrogens with zero attached hydrogens (tertiary/aromatic N) is 3. The van der Waals surface area contributed by atoms with Gasteiger partial charge >= 0.3 is 6.09 Å². The summed E-state index contributed by atoms with van der Waals surface area (Å²) in [4.78, 5) is 30.5. The SMILES string of the molecule is CN1CC2(CCCN(CCC(=O)N3CCCc4ccccc43)C2)OC1=O. The summed E-state index contributed by atoms with van der Waals surface area (Å²) in [6, 6.07) is 8.22. The van der Waals surface area contributed by atoms with Crippen LogP contribution in [0.1, 0.15) is 31.2 Å². The van der Waals surface area contributed by atoms with E-state index in [9.17, 15) is 9.59 Å². The molecule has 3 aliphatic heterocycles. The van der Waals surface area contributed by atoms with Crippen LogP contribution in [0.15, 0.2) is 24.3 Å². The zero-order chi connectivity index (χ0) is 18.1. The second kappa shape index (κ2) is 6.91. The number of carbonyl (C=O) groups excluding carboxylic acids is 2. The summed E-state index contributed by atoms with van der Waals surface area (Å²) < 4.78 is 5.65. The molecule has 2 fully saturated rings. The topological polar surface area (TPSA) is 53.1 Å². The molecule has 6 heteroatoms. The Labute approximate surface area is 154 Å². The van der Waals surface area contributed by atoms with E-state index < -0.39 is 0 Å². The molecule has 1 spiro atoms. The fraction of sp³-hybridized carbons (Fsp3) is 0.600. The van der Waals surface area contributed by atoms with Crippen LogP contribution in [-0.4, -0.2) is 67.2 Å². The zero-order valence-corrected chi connectivity index (χ0v) is 15.4. The first-order valence-corrected chi connectivity index (χ1v) is 9.61. The number of rotatable bonds is 3. The lowest BCUT2D eigenvalue weighted by Gasteiger charge is -2.38. The number of para-hydroxylation sites is 1. The van der Waals surface area contributed by atoms with Gasteiger partial charge in [0, 0.05) is 38.8 Å². The molecule has 6 nitrogen and oxygen atoms in total. The van der Waals surface area contributed by atoms with Crippen molar-refractivity contribution in [2.75, 3.05) is 44.7 Å². The Morgan fingerprint density at radius 3 is 2.85 bits per heavy atom. The van der Waals surface area contributed by atoms with Gasteiger partial charge in [-0.05, 0) is 43.9 Å². The predicted octanol–water partition coefficient (Wildman–Crippen LogP) is 2.27. The van der Waals surface area contributed by atoms with E-state index in [1.807, 2.05) is 17.0 Å². The van der Waals surface area contributed by atoms with E-state index in [1.165, 1.54) is 5.56 Å². The molecular weight excluding hydrogens is 330 g/mol. The second-order valence-corrected chi connectivity index (χ2v) is 7.81. The summed E-state index contributed by atoms with van der Waals surface area (Å²) in [6.07, 6.45) is 4.27. The fourth-order valence-electron chi connectivity index (χ4n) is 4.57. The quantitative estimate of drug-likeness (QED) is 0.833. The monoisotopic (exact) mass is 357 g/mol. The van der Waals surface area contributed by atoms with Crippen molar-refractivity contribution < 1.29 is 14.3 Å². The van der Waals surface area contributed by atoms with Crippen LogP contribution in [0.4, 0.5) is 10.5 Å². The summed E-state index contributed by atoms with van der Waals surface area (Å²) in [5.41, 5.74) is 1.96. The van der Waals surface area contributed by atoms with Gasteiger partial charge in [0.2, 0.25) is 5.91 Å². The van der Waals surface area contributed by atoms with Crippen molar-refractivity contribution >= 4 is 17.7 Å². The van der Waals surface area contributed by atoms with Crippen molar-refractivity contribution in [3.63, 3.8) is 0 Å². The van der Waals surface area contributed by atoms with Crippen LogP contribution in [0.2, 0.25) is 0 Å². The van der Waals surface area contributed by atoms with Gasteiger partial charge in [-0.15, -0.1) is 0 Å². The van der Waals surface area contributed by atoms with E-state index in [4.69, 9.17) is 4.74 Å². The predicted molar refractivity (Wildman–Crippen MR) is 99.2 cm³/mol. The van der Waals surface area contributed by atoms with Gasteiger partial charge in [0.05, 0.1) is 6.54 Å². The average molecular weight is 357 g/mol. The highest BCUT2D eigenvalue weighted by Crippen LogP contribution is 2.32. The first kappa shape index (κ1) is 17.3. The van der Waals surface area contributed by atoms with Crippen molar-refractivity contribution in [2.45, 2.75) is 37.7 Å². The molecule has 2 amide bonds. The van der Waals surface area contributed by atoms with Crippen LogP contribution in [0.3, 0.4) is 0 Å². The minimum absolute atomic E-state index is 0.192. The number of likely N-dealkylation sites (tertiary alicyclic amines) is 1. The van der Waals surface area contributed by atoms with Gasteiger partial charge in [-0.1, -0.05) is 18.2 Å². The molecule has 4 rings (SSSR count). The summed E-state index contributed by atoms with van der Waals surface area (Å²) in [7, 11) is 1.79. The molecule has 0 radical (unpaired) electrons. The molecule has 1 atom stereocenters. The third kappa shape index (κ3) is 3.30. The summed E-state index contributed by atoms with van der Waals surface area (Å²) in [6.45, 7) is 3.87. The lowest BCUT2D eigenvalue weighted by Crippen LogP contribution is -2.51. The van der Waals surface area contributed by atoms with Gasteiger partial charge in [-0.3, -0.25) is 9.69 Å². The van der Waals surface area contributed by atoms with Gasteiger partial charge in [0.15, 0.2) is 0 Å². The molecule has 3 heterocycles. The van der Waals surface area contributed by atoms with Crippen LogP contribution in [0.25, 0.3) is 0 Å². The van der Waals surface area contributed by atoms with E-state index in [1.54, 1.807) is 11.9 Å². The van der Waals surface area contributed by atoms with Crippen molar-refractivity contribution in [3.8, 4) is 0 Å². The molecular formula is C20H27N3O3. The molecule has 1 aromatic rings. The zero-order valence-electron chi connectivity index (χ0n) is 15.4. The molecule has 0 N–H and O–H groups in total. The lowest BCUT2D eigenvalue weighted by molar-refractivity contribution is -0.119. The number of carbonyl (C=O) groups is 2. The Balaban J connectivity index is 1.36. The van der Waals surface area contributed by atoms with Gasteiger partial charge in [-0.2, -0.15) is 0 Å². The maximum atomic E-state index is 12.8. The second-order valence-electron chi connectivity index (χ2n) is 7.81. The third-order valence-corrected chi connectivity index (χ3v) is 5.81. The Kier molecular flexibility index (Phi) is 4.61. The van der Waals surface area contributed by atoms with Gasteiger partial charge in [-0.25, -0.2) is 4.79 Å². The number of piperidine rings is 1. The maximum absolute atomic E-state index is 12.8. The number of hydrogen-bond donors (Lipinski definition) is 0. The molecule has 1 aromatic carbocycles. The molecule has 0 aromatic heterocycles. The van der Waals surface area contributed by atoms with Crippen LogP contribution in [0, 0.1) is 0 Å². The molecule has 26 heavy (non-hydrogen) atoms. The molecule has 2 saturated heterocycles. The number of likely N-dealkylation sites (N-methyl/N-ethyl adjacent to an activating group) is 1. The van der Waals surface area contributed by atoms with Crippen molar-refractivity contribution in [3.05, 3.63) is 29.8 Å². The maximum Gasteiger partial charge on any atom is 0.410 e. The highest BCUT2D eigenvalue weighted by Gasteiger charge is 2.46. The Hall–Kier alpha value is -2.08. The number of anilines is 1. The van der Waals surface area contributed by atoms with Crippen LogP contribution < -0.4 is 4.90 Å². The minimum Gasteiger partial charge on any atom is -0.440 e. The van der Waals surface area contributed by atoms with E-state index in [2.05, 4.69) is 17.0 Å². The van der Waals surface area contributed by atoms with Gasteiger partial charge in [0.25, 0.3) is 0 Å². The standard InChI is InChI=1S/C20H27N3O3/c1-21-14-20(26-19(21)25)10-5-11-22(15-20)13-9-18(24)23-12-4-7-16-6-2-3-8-17(16)23/h2-3,6,8H,4-5,7,9-15H2,1H3. The summed E-state index contributed by atoms with van der Waals surface area (Å²) in [5.74, 6) is 0.192. The molecule has 0 aliphatic carbocycles. The summed E-state index contributed by atoms with van der Waals surface area (Å²) >= 11 is 0. The van der Waals surface area contributed by atoms with E-state index in [0.29, 0.717) is 13.0 Å². The largest absolute Gasteiger partial charge is 0.440 e. The van der Waals surface area contributed by atoms with Crippen molar-refractivity contribution in [1.29, 1.82) is 0 Å². The van der Waals surface area contributed by atoms with Gasteiger partial charge < -0.3 is 14.5 Å². The minimum atomic E-state index is -0.384. The van der Waals surface area contributed by atoms with Crippen molar-refractivity contribution in [2.24, 2.45) is 0 Å². The van der Waals surface area contributed by atoms with Crippen LogP contribution >= 0.6 is 0 Å². The highest BCUT2D eigenvalue weighted by atomic mass is 16.6. The van der Waals surface area contributed by atoms with Crippen molar-refractivity contribution in [1.82, 2.24) is 9.80 Å². The highest BCUT2D eigenvalue weighted by molar-refractivity contribution is 5.94. The molecule has 1 unspecified atom stereocenters. The van der Waals surface area contributed by atoms with Gasteiger partial charge in [0.1, 0.15) is 5.60 Å². The average Bonchev–Trinajstić information content (AvgIpc) is 2.92. The molecule has 0 saturated carbocycles. The molecule has 0 bridgehead atoms. The number of fused-ring (bicyclic) bond motifs is 1.